The van der Waals surface area contributed by atoms with E-state index in [9.17, 15) is 4.39 Å². The van der Waals surface area contributed by atoms with Crippen LogP contribution in [0.1, 0.15) is 51.0 Å². The Kier molecular flexibility index (Phi) is 4.64. The van der Waals surface area contributed by atoms with Gasteiger partial charge in [-0.25, -0.2) is 4.39 Å². The van der Waals surface area contributed by atoms with Crippen LogP contribution in [0.15, 0.2) is 24.3 Å². The van der Waals surface area contributed by atoms with Gasteiger partial charge in [0.05, 0.1) is 0 Å². The van der Waals surface area contributed by atoms with Gasteiger partial charge in [0.1, 0.15) is 5.82 Å². The second kappa shape index (κ2) is 5.79. The molecule has 0 aliphatic carbocycles. The zero-order valence-electron chi connectivity index (χ0n) is 9.09. The van der Waals surface area contributed by atoms with Crippen molar-refractivity contribution in [1.82, 2.24) is 0 Å². The van der Waals surface area contributed by atoms with Crippen LogP contribution in [0.3, 0.4) is 0 Å². The third kappa shape index (κ3) is 3.13. The molecule has 14 heavy (non-hydrogen) atoms. The van der Waals surface area contributed by atoms with Crippen LogP contribution in [0.25, 0.3) is 0 Å². The van der Waals surface area contributed by atoms with Gasteiger partial charge in [-0.3, -0.25) is 0 Å². The minimum atomic E-state index is -0.138. The van der Waals surface area contributed by atoms with Gasteiger partial charge in [-0.2, -0.15) is 0 Å². The second-order valence-electron chi connectivity index (χ2n) is 3.83. The first kappa shape index (κ1) is 11.2. The molecule has 0 aliphatic rings. The molecule has 0 unspecified atom stereocenters. The summed E-state index contributed by atoms with van der Waals surface area (Å²) in [5.74, 6) is 0.478. The molecule has 1 aromatic rings. The fraction of sp³-hybridized carbons (Fsp3) is 0.538. The summed E-state index contributed by atoms with van der Waals surface area (Å²) in [5, 5.41) is 0. The predicted molar refractivity (Wildman–Crippen MR) is 59.0 cm³/mol. The monoisotopic (exact) mass is 194 g/mol. The van der Waals surface area contributed by atoms with Crippen molar-refractivity contribution < 1.29 is 4.39 Å². The van der Waals surface area contributed by atoms with Gasteiger partial charge < -0.3 is 0 Å². The Bertz CT molecular complexity index is 244. The Balaban J connectivity index is 2.71. The molecule has 1 rings (SSSR count). The first-order valence-corrected chi connectivity index (χ1v) is 5.53. The van der Waals surface area contributed by atoms with Crippen molar-refractivity contribution in [2.24, 2.45) is 0 Å². The smallest absolute Gasteiger partial charge is 0.123 e. The lowest BCUT2D eigenvalue weighted by Gasteiger charge is -2.15. The van der Waals surface area contributed by atoms with Crippen molar-refractivity contribution in [2.75, 3.05) is 0 Å². The van der Waals surface area contributed by atoms with E-state index in [2.05, 4.69) is 13.8 Å². The van der Waals surface area contributed by atoms with E-state index in [0.29, 0.717) is 5.92 Å². The minimum Gasteiger partial charge on any atom is -0.207 e. The zero-order chi connectivity index (χ0) is 10.4. The van der Waals surface area contributed by atoms with Crippen molar-refractivity contribution in [3.8, 4) is 0 Å². The van der Waals surface area contributed by atoms with Crippen molar-refractivity contribution in [3.05, 3.63) is 35.6 Å². The average molecular weight is 194 g/mol. The van der Waals surface area contributed by atoms with Crippen molar-refractivity contribution in [3.63, 3.8) is 0 Å². The highest BCUT2D eigenvalue weighted by atomic mass is 19.1. The molecule has 0 N–H and O–H groups in total. The normalized spacial score (nSPS) is 10.9. The summed E-state index contributed by atoms with van der Waals surface area (Å²) < 4.78 is 12.7. The second-order valence-corrected chi connectivity index (χ2v) is 3.83. The highest BCUT2D eigenvalue weighted by molar-refractivity contribution is 5.20. The first-order valence-electron chi connectivity index (χ1n) is 5.53. The van der Waals surface area contributed by atoms with E-state index in [4.69, 9.17) is 0 Å². The van der Waals surface area contributed by atoms with Crippen LogP contribution in [0.2, 0.25) is 0 Å². The largest absolute Gasteiger partial charge is 0.207 e. The molecular formula is C13H19F. The minimum absolute atomic E-state index is 0.138. The lowest BCUT2D eigenvalue weighted by Crippen LogP contribution is -1.98. The summed E-state index contributed by atoms with van der Waals surface area (Å²) in [6, 6.07) is 6.97. The summed E-state index contributed by atoms with van der Waals surface area (Å²) in [6.45, 7) is 4.40. The van der Waals surface area contributed by atoms with Crippen LogP contribution in [0.5, 0.6) is 0 Å². The summed E-state index contributed by atoms with van der Waals surface area (Å²) in [7, 11) is 0. The molecule has 1 heteroatoms. The molecule has 0 radical (unpaired) electrons. The fourth-order valence-electron chi connectivity index (χ4n) is 1.91. The number of halogens is 1. The Labute approximate surface area is 86.2 Å². The quantitative estimate of drug-likeness (QED) is 0.647. The molecule has 0 aromatic heterocycles. The molecule has 0 nitrogen and oxygen atoms in total. The highest BCUT2D eigenvalue weighted by Crippen LogP contribution is 2.26. The van der Waals surface area contributed by atoms with Crippen LogP contribution in [-0.2, 0) is 0 Å². The Hall–Kier alpha value is -0.850. The topological polar surface area (TPSA) is 0 Å². The zero-order valence-corrected chi connectivity index (χ0v) is 9.09. The van der Waals surface area contributed by atoms with E-state index in [0.717, 1.165) is 0 Å². The Morgan fingerprint density at radius 3 is 1.93 bits per heavy atom. The molecule has 0 saturated heterocycles. The molecule has 0 amide bonds. The van der Waals surface area contributed by atoms with Crippen LogP contribution in [0, 0.1) is 5.82 Å². The maximum atomic E-state index is 12.7. The summed E-state index contributed by atoms with van der Waals surface area (Å²) in [4.78, 5) is 0. The first-order chi connectivity index (χ1) is 6.77. The highest BCUT2D eigenvalue weighted by Gasteiger charge is 2.08. The lowest BCUT2D eigenvalue weighted by molar-refractivity contribution is 0.558. The predicted octanol–water partition coefficient (Wildman–Crippen LogP) is 4.51. The standard InChI is InChI=1S/C13H19F/c1-3-5-11(6-4-2)12-7-9-13(14)10-8-12/h7-11H,3-6H2,1-2H3. The molecule has 0 atom stereocenters. The van der Waals surface area contributed by atoms with Crippen molar-refractivity contribution in [1.29, 1.82) is 0 Å². The van der Waals surface area contributed by atoms with Gasteiger partial charge in [0.15, 0.2) is 0 Å². The molecular weight excluding hydrogens is 175 g/mol. The van der Waals surface area contributed by atoms with Crippen LogP contribution in [0.4, 0.5) is 4.39 Å². The Morgan fingerprint density at radius 2 is 1.50 bits per heavy atom. The van der Waals surface area contributed by atoms with Gasteiger partial charge in [-0.15, -0.1) is 0 Å². The van der Waals surface area contributed by atoms with Crippen molar-refractivity contribution >= 4 is 0 Å². The van der Waals surface area contributed by atoms with Crippen molar-refractivity contribution in [2.45, 2.75) is 45.4 Å². The van der Waals surface area contributed by atoms with Gasteiger partial charge in [0, 0.05) is 0 Å². The van der Waals surface area contributed by atoms with Gasteiger partial charge in [-0.05, 0) is 36.5 Å². The van der Waals surface area contributed by atoms with E-state index in [-0.39, 0.29) is 5.82 Å². The molecule has 0 aliphatic heterocycles. The van der Waals surface area contributed by atoms with E-state index >= 15 is 0 Å². The van der Waals surface area contributed by atoms with E-state index in [1.165, 1.54) is 31.2 Å². The SMILES string of the molecule is CCCC(CCC)c1ccc(F)cc1. The van der Waals surface area contributed by atoms with Gasteiger partial charge >= 0.3 is 0 Å². The third-order valence-corrected chi connectivity index (χ3v) is 2.62. The Morgan fingerprint density at radius 1 is 1.00 bits per heavy atom. The molecule has 78 valence electrons. The number of benzene rings is 1. The maximum Gasteiger partial charge on any atom is 0.123 e. The summed E-state index contributed by atoms with van der Waals surface area (Å²) in [6.07, 6.45) is 4.81. The van der Waals surface area contributed by atoms with Gasteiger partial charge in [0.2, 0.25) is 0 Å². The van der Waals surface area contributed by atoms with Crippen LogP contribution in [-0.4, -0.2) is 0 Å². The number of hydrogen-bond donors (Lipinski definition) is 0. The van der Waals surface area contributed by atoms with E-state index in [1.807, 2.05) is 12.1 Å². The number of rotatable bonds is 5. The maximum absolute atomic E-state index is 12.7. The van der Waals surface area contributed by atoms with Gasteiger partial charge in [0.25, 0.3) is 0 Å². The third-order valence-electron chi connectivity index (χ3n) is 2.62. The summed E-state index contributed by atoms with van der Waals surface area (Å²) in [5.41, 5.74) is 1.29. The molecule has 1 aromatic carbocycles. The van der Waals surface area contributed by atoms with Crippen LogP contribution >= 0.6 is 0 Å². The molecule has 0 saturated carbocycles. The number of hydrogen-bond acceptors (Lipinski definition) is 0. The van der Waals surface area contributed by atoms with E-state index < -0.39 is 0 Å². The lowest BCUT2D eigenvalue weighted by atomic mass is 9.90. The molecule has 0 bridgehead atoms. The van der Waals surface area contributed by atoms with Crippen LogP contribution < -0.4 is 0 Å². The molecule has 0 spiro atoms. The molecule has 0 heterocycles. The van der Waals surface area contributed by atoms with Gasteiger partial charge in [-0.1, -0.05) is 38.8 Å². The fourth-order valence-corrected chi connectivity index (χ4v) is 1.91. The van der Waals surface area contributed by atoms with E-state index in [1.54, 1.807) is 12.1 Å². The summed E-state index contributed by atoms with van der Waals surface area (Å²) >= 11 is 0. The average Bonchev–Trinajstić information content (AvgIpc) is 2.19. The molecule has 0 fully saturated rings.